The van der Waals surface area contributed by atoms with E-state index in [1.54, 1.807) is 13.0 Å². The summed E-state index contributed by atoms with van der Waals surface area (Å²) in [5, 5.41) is 0. The van der Waals surface area contributed by atoms with Gasteiger partial charge in [0.05, 0.1) is 0 Å². The molecule has 150 valence electrons. The summed E-state index contributed by atoms with van der Waals surface area (Å²) < 4.78 is 13.6. The first-order valence-electron chi connectivity index (χ1n) is 11.0. The Balaban J connectivity index is 1.51. The molecule has 0 aromatic heterocycles. The van der Waals surface area contributed by atoms with Gasteiger partial charge in [-0.3, -0.25) is 0 Å². The largest absolute Gasteiger partial charge is 0.207 e. The average molecular weight is 387 g/mol. The maximum absolute atomic E-state index is 13.6. The standard InChI is InChI=1S/C28H31F/c1-3-4-5-6-7-8-23-13-17-26(18-14-23)27-19-15-24(16-20-27)11-12-25-10-9-22(2)28(29)21-25/h9-10,15-16,19-21,23,26H,3-5,8,13-14,17-18H2,1-2H3. The van der Waals surface area contributed by atoms with Gasteiger partial charge < -0.3 is 0 Å². The molecule has 0 radical (unpaired) electrons. The molecule has 0 N–H and O–H groups in total. The minimum atomic E-state index is -0.199. The van der Waals surface area contributed by atoms with E-state index >= 15 is 0 Å². The lowest BCUT2D eigenvalue weighted by molar-refractivity contribution is 0.331. The zero-order chi connectivity index (χ0) is 20.5. The second-order valence-electron chi connectivity index (χ2n) is 8.21. The summed E-state index contributed by atoms with van der Waals surface area (Å²) in [6.45, 7) is 3.98. The van der Waals surface area contributed by atoms with Crippen molar-refractivity contribution in [2.75, 3.05) is 0 Å². The molecule has 2 aromatic rings. The molecule has 0 amide bonds. The summed E-state index contributed by atoms with van der Waals surface area (Å²) in [5.74, 6) is 14.2. The van der Waals surface area contributed by atoms with Crippen LogP contribution < -0.4 is 0 Å². The van der Waals surface area contributed by atoms with Crippen molar-refractivity contribution in [2.24, 2.45) is 5.92 Å². The van der Waals surface area contributed by atoms with Crippen LogP contribution in [0, 0.1) is 42.3 Å². The van der Waals surface area contributed by atoms with Crippen molar-refractivity contribution in [1.29, 1.82) is 0 Å². The Morgan fingerprint density at radius 3 is 2.28 bits per heavy atom. The molecule has 1 fully saturated rings. The third kappa shape index (κ3) is 6.51. The number of rotatable bonds is 4. The molecule has 1 saturated carbocycles. The van der Waals surface area contributed by atoms with Crippen molar-refractivity contribution >= 4 is 0 Å². The van der Waals surface area contributed by atoms with Gasteiger partial charge in [0.2, 0.25) is 0 Å². The van der Waals surface area contributed by atoms with Crippen molar-refractivity contribution in [3.63, 3.8) is 0 Å². The maximum atomic E-state index is 13.6. The second-order valence-corrected chi connectivity index (χ2v) is 8.21. The van der Waals surface area contributed by atoms with Crippen molar-refractivity contribution in [3.05, 3.63) is 70.5 Å². The Bertz CT molecular complexity index is 907. The van der Waals surface area contributed by atoms with Crippen LogP contribution in [-0.4, -0.2) is 0 Å². The van der Waals surface area contributed by atoms with Crippen molar-refractivity contribution < 1.29 is 4.39 Å². The van der Waals surface area contributed by atoms with E-state index in [2.05, 4.69) is 54.9 Å². The van der Waals surface area contributed by atoms with E-state index in [1.165, 1.54) is 50.2 Å². The van der Waals surface area contributed by atoms with Crippen LogP contribution in [0.5, 0.6) is 0 Å². The lowest BCUT2D eigenvalue weighted by atomic mass is 9.77. The average Bonchev–Trinajstić information content (AvgIpc) is 2.75. The Kier molecular flexibility index (Phi) is 7.95. The van der Waals surface area contributed by atoms with Crippen LogP contribution in [0.15, 0.2) is 42.5 Å². The van der Waals surface area contributed by atoms with Crippen LogP contribution in [0.25, 0.3) is 0 Å². The number of halogens is 1. The second kappa shape index (κ2) is 10.9. The Morgan fingerprint density at radius 2 is 1.59 bits per heavy atom. The van der Waals surface area contributed by atoms with Gasteiger partial charge in [-0.25, -0.2) is 4.39 Å². The fourth-order valence-electron chi connectivity index (χ4n) is 3.92. The normalized spacial score (nSPS) is 18.3. The molecule has 29 heavy (non-hydrogen) atoms. The molecular weight excluding hydrogens is 355 g/mol. The van der Waals surface area contributed by atoms with Gasteiger partial charge in [0.15, 0.2) is 0 Å². The lowest BCUT2D eigenvalue weighted by Gasteiger charge is -2.27. The summed E-state index contributed by atoms with van der Waals surface area (Å²) in [4.78, 5) is 0. The molecule has 0 atom stereocenters. The fraction of sp³-hybridized carbons (Fsp3) is 0.429. The highest BCUT2D eigenvalue weighted by molar-refractivity contribution is 5.44. The molecule has 1 heteroatoms. The Hall–Kier alpha value is -2.51. The summed E-state index contributed by atoms with van der Waals surface area (Å²) >= 11 is 0. The number of benzene rings is 2. The van der Waals surface area contributed by atoms with Crippen LogP contribution in [0.4, 0.5) is 4.39 Å². The summed E-state index contributed by atoms with van der Waals surface area (Å²) in [7, 11) is 0. The minimum absolute atomic E-state index is 0.199. The monoisotopic (exact) mass is 386 g/mol. The lowest BCUT2D eigenvalue weighted by Crippen LogP contribution is -2.12. The third-order valence-electron chi connectivity index (χ3n) is 5.92. The van der Waals surface area contributed by atoms with Crippen molar-refractivity contribution in [3.8, 4) is 23.7 Å². The van der Waals surface area contributed by atoms with Gasteiger partial charge in [0.25, 0.3) is 0 Å². The van der Waals surface area contributed by atoms with E-state index in [1.807, 2.05) is 6.07 Å². The van der Waals surface area contributed by atoms with Gasteiger partial charge in [-0.15, -0.1) is 11.8 Å². The molecule has 1 aliphatic rings. The first-order valence-corrected chi connectivity index (χ1v) is 11.0. The van der Waals surface area contributed by atoms with Crippen LogP contribution in [0.3, 0.4) is 0 Å². The molecule has 0 aliphatic heterocycles. The highest BCUT2D eigenvalue weighted by Gasteiger charge is 2.21. The molecule has 0 bridgehead atoms. The maximum Gasteiger partial charge on any atom is 0.127 e. The van der Waals surface area contributed by atoms with Gasteiger partial charge >= 0.3 is 0 Å². The van der Waals surface area contributed by atoms with Gasteiger partial charge in [-0.05, 0) is 86.3 Å². The van der Waals surface area contributed by atoms with Crippen LogP contribution in [0.2, 0.25) is 0 Å². The number of hydrogen-bond acceptors (Lipinski definition) is 0. The topological polar surface area (TPSA) is 0 Å². The molecule has 1 aliphatic carbocycles. The van der Waals surface area contributed by atoms with Crippen molar-refractivity contribution in [1.82, 2.24) is 0 Å². The van der Waals surface area contributed by atoms with E-state index in [-0.39, 0.29) is 5.82 Å². The van der Waals surface area contributed by atoms with E-state index < -0.39 is 0 Å². The molecule has 0 unspecified atom stereocenters. The van der Waals surface area contributed by atoms with E-state index in [4.69, 9.17) is 0 Å². The number of aryl methyl sites for hydroxylation is 1. The van der Waals surface area contributed by atoms with Gasteiger partial charge in [0, 0.05) is 24.0 Å². The highest BCUT2D eigenvalue weighted by Crippen LogP contribution is 2.36. The minimum Gasteiger partial charge on any atom is -0.207 e. The smallest absolute Gasteiger partial charge is 0.127 e. The van der Waals surface area contributed by atoms with E-state index in [0.717, 1.165) is 24.3 Å². The number of unbranched alkanes of at least 4 members (excludes halogenated alkanes) is 2. The van der Waals surface area contributed by atoms with Gasteiger partial charge in [-0.1, -0.05) is 43.4 Å². The number of hydrogen-bond donors (Lipinski definition) is 0. The van der Waals surface area contributed by atoms with Crippen molar-refractivity contribution in [2.45, 2.75) is 71.1 Å². The third-order valence-corrected chi connectivity index (χ3v) is 5.92. The van der Waals surface area contributed by atoms with Gasteiger partial charge in [-0.2, -0.15) is 0 Å². The first-order chi connectivity index (χ1) is 14.2. The quantitative estimate of drug-likeness (QED) is 0.379. The zero-order valence-electron chi connectivity index (χ0n) is 17.7. The summed E-state index contributed by atoms with van der Waals surface area (Å²) in [6, 6.07) is 13.8. The zero-order valence-corrected chi connectivity index (χ0v) is 17.7. The molecular formula is C28H31F. The molecule has 0 heterocycles. The van der Waals surface area contributed by atoms with Crippen LogP contribution in [0.1, 0.15) is 86.5 Å². The highest BCUT2D eigenvalue weighted by atomic mass is 19.1. The molecule has 2 aromatic carbocycles. The van der Waals surface area contributed by atoms with Crippen LogP contribution >= 0.6 is 0 Å². The molecule has 0 nitrogen and oxygen atoms in total. The van der Waals surface area contributed by atoms with E-state index in [0.29, 0.717) is 17.0 Å². The Labute approximate surface area is 175 Å². The Morgan fingerprint density at radius 1 is 0.897 bits per heavy atom. The molecule has 0 spiro atoms. The van der Waals surface area contributed by atoms with Crippen LogP contribution in [-0.2, 0) is 0 Å². The molecule has 0 saturated heterocycles. The summed E-state index contributed by atoms with van der Waals surface area (Å²) in [6.07, 6.45) is 9.67. The predicted molar refractivity (Wildman–Crippen MR) is 120 cm³/mol. The predicted octanol–water partition coefficient (Wildman–Crippen LogP) is 7.39. The SMILES string of the molecule is CCCCC#CCC1CCC(c2ccc(C#Cc3ccc(C)c(F)c3)cc2)CC1. The first kappa shape index (κ1) is 21.2. The summed E-state index contributed by atoms with van der Waals surface area (Å²) in [5.41, 5.74) is 3.77. The van der Waals surface area contributed by atoms with E-state index in [9.17, 15) is 4.39 Å². The fourth-order valence-corrected chi connectivity index (χ4v) is 3.92. The van der Waals surface area contributed by atoms with Gasteiger partial charge in [0.1, 0.15) is 5.82 Å². The molecule has 3 rings (SSSR count).